The van der Waals surface area contributed by atoms with E-state index in [1.165, 1.54) is 33.8 Å². The highest BCUT2D eigenvalue weighted by atomic mass is 35.5. The molecule has 0 N–H and O–H groups in total. The molecular formula is C22H26ClN5O5S3. The molecule has 0 atom stereocenters. The van der Waals surface area contributed by atoms with E-state index in [2.05, 4.69) is 4.98 Å². The lowest BCUT2D eigenvalue weighted by Crippen LogP contribution is -2.45. The van der Waals surface area contributed by atoms with Gasteiger partial charge in [-0.05, 0) is 58.1 Å². The molecule has 0 saturated carbocycles. The first kappa shape index (κ1) is 26.9. The number of amides is 1. The first-order valence-corrected chi connectivity index (χ1v) is 14.8. The standard InChI is InChI=1S/C22H26ClN5O5S3/c1-25(2)10-3-11-27(22-24-17-5-4-16(28(30)31)14-18(17)34-22)21(29)15-8-12-26(13-9-15)36(32,33)20-7-6-19(23)35-20/h4-7,14-15H,3,8-13H2,1-2H3. The number of halogens is 1. The van der Waals surface area contributed by atoms with Gasteiger partial charge in [-0.2, -0.15) is 4.31 Å². The predicted molar refractivity (Wildman–Crippen MR) is 143 cm³/mol. The van der Waals surface area contributed by atoms with Crippen LogP contribution >= 0.6 is 34.3 Å². The minimum absolute atomic E-state index is 0.0243. The molecule has 0 unspecified atom stereocenters. The fraction of sp³-hybridized carbons (Fsp3) is 0.455. The fourth-order valence-electron chi connectivity index (χ4n) is 4.10. The maximum absolute atomic E-state index is 13.6. The van der Waals surface area contributed by atoms with Crippen LogP contribution in [0.5, 0.6) is 0 Å². The first-order valence-electron chi connectivity index (χ1n) is 11.3. The monoisotopic (exact) mass is 571 g/mol. The third kappa shape index (κ3) is 5.87. The Morgan fingerprint density at radius 2 is 1.92 bits per heavy atom. The Morgan fingerprint density at radius 1 is 1.19 bits per heavy atom. The smallest absolute Gasteiger partial charge is 0.270 e. The van der Waals surface area contributed by atoms with Crippen LogP contribution < -0.4 is 4.90 Å². The number of hydrogen-bond donors (Lipinski definition) is 0. The van der Waals surface area contributed by atoms with Gasteiger partial charge in [-0.25, -0.2) is 13.4 Å². The van der Waals surface area contributed by atoms with Gasteiger partial charge in [0.2, 0.25) is 5.91 Å². The lowest BCUT2D eigenvalue weighted by Gasteiger charge is -2.32. The molecule has 10 nitrogen and oxygen atoms in total. The summed E-state index contributed by atoms with van der Waals surface area (Å²) in [6, 6.07) is 7.54. The third-order valence-electron chi connectivity index (χ3n) is 6.00. The zero-order chi connectivity index (χ0) is 26.0. The van der Waals surface area contributed by atoms with Crippen molar-refractivity contribution in [3.05, 3.63) is 44.8 Å². The lowest BCUT2D eigenvalue weighted by atomic mass is 9.96. The molecular weight excluding hydrogens is 546 g/mol. The number of rotatable bonds is 9. The second-order valence-corrected chi connectivity index (χ2v) is 13.7. The number of thiophene rings is 1. The van der Waals surface area contributed by atoms with Crippen molar-refractivity contribution in [1.82, 2.24) is 14.2 Å². The van der Waals surface area contributed by atoms with E-state index in [-0.39, 0.29) is 34.8 Å². The predicted octanol–water partition coefficient (Wildman–Crippen LogP) is 4.31. The number of nitro groups is 1. The molecule has 4 rings (SSSR count). The third-order valence-corrected chi connectivity index (χ3v) is 10.6. The Hall–Kier alpha value is -2.16. The van der Waals surface area contributed by atoms with Gasteiger partial charge >= 0.3 is 0 Å². The van der Waals surface area contributed by atoms with Crippen LogP contribution in [-0.2, 0) is 14.8 Å². The summed E-state index contributed by atoms with van der Waals surface area (Å²) >= 11 is 8.19. The van der Waals surface area contributed by atoms with Crippen LogP contribution in [0.1, 0.15) is 19.3 Å². The number of non-ortho nitro benzene ring substituents is 1. The highest BCUT2D eigenvalue weighted by Gasteiger charge is 2.35. The van der Waals surface area contributed by atoms with Crippen molar-refractivity contribution < 1.29 is 18.1 Å². The molecule has 194 valence electrons. The molecule has 0 aliphatic carbocycles. The maximum atomic E-state index is 13.6. The maximum Gasteiger partial charge on any atom is 0.270 e. The van der Waals surface area contributed by atoms with E-state index < -0.39 is 14.9 Å². The Labute approximate surface area is 222 Å². The van der Waals surface area contributed by atoms with Gasteiger partial charge in [-0.15, -0.1) is 11.3 Å². The highest BCUT2D eigenvalue weighted by Crippen LogP contribution is 2.34. The second-order valence-electron chi connectivity index (χ2n) is 8.79. The number of anilines is 1. The van der Waals surface area contributed by atoms with Gasteiger partial charge in [-0.3, -0.25) is 19.8 Å². The number of hydrogen-bond acceptors (Lipinski definition) is 9. The van der Waals surface area contributed by atoms with E-state index in [4.69, 9.17) is 11.6 Å². The van der Waals surface area contributed by atoms with Crippen molar-refractivity contribution in [3.63, 3.8) is 0 Å². The number of carbonyl (C=O) groups is 1. The van der Waals surface area contributed by atoms with Crippen molar-refractivity contribution in [3.8, 4) is 0 Å². The number of thiazole rings is 1. The van der Waals surface area contributed by atoms with Crippen molar-refractivity contribution in [1.29, 1.82) is 0 Å². The van der Waals surface area contributed by atoms with Gasteiger partial charge < -0.3 is 4.90 Å². The molecule has 1 saturated heterocycles. The molecule has 1 aliphatic heterocycles. The number of carbonyl (C=O) groups excluding carboxylic acids is 1. The zero-order valence-corrected chi connectivity index (χ0v) is 23.0. The van der Waals surface area contributed by atoms with E-state index in [0.717, 1.165) is 24.3 Å². The summed E-state index contributed by atoms with van der Waals surface area (Å²) in [4.78, 5) is 32.6. The number of nitrogens with zero attached hydrogens (tertiary/aromatic N) is 5. The topological polar surface area (TPSA) is 117 Å². The summed E-state index contributed by atoms with van der Waals surface area (Å²) in [6.45, 7) is 1.71. The van der Waals surface area contributed by atoms with Gasteiger partial charge in [0.15, 0.2) is 5.13 Å². The average molecular weight is 572 g/mol. The molecule has 36 heavy (non-hydrogen) atoms. The Morgan fingerprint density at radius 3 is 2.53 bits per heavy atom. The van der Waals surface area contributed by atoms with Crippen molar-refractivity contribution >= 4 is 71.2 Å². The number of nitro benzene ring substituents is 1. The van der Waals surface area contributed by atoms with Crippen molar-refractivity contribution in [2.75, 3.05) is 45.2 Å². The van der Waals surface area contributed by atoms with E-state index in [0.29, 0.717) is 39.1 Å². The molecule has 1 aromatic carbocycles. The molecule has 1 fully saturated rings. The molecule has 1 aliphatic rings. The van der Waals surface area contributed by atoms with Gasteiger partial charge in [0.1, 0.15) is 4.21 Å². The summed E-state index contributed by atoms with van der Waals surface area (Å²) in [7, 11) is 0.273. The minimum Gasteiger partial charge on any atom is -0.309 e. The fourth-order valence-corrected chi connectivity index (χ4v) is 8.24. The van der Waals surface area contributed by atoms with Crippen LogP contribution in [0.15, 0.2) is 34.5 Å². The minimum atomic E-state index is -3.64. The largest absolute Gasteiger partial charge is 0.309 e. The molecule has 0 spiro atoms. The number of sulfonamides is 1. The highest BCUT2D eigenvalue weighted by molar-refractivity contribution is 7.91. The zero-order valence-electron chi connectivity index (χ0n) is 19.8. The van der Waals surface area contributed by atoms with Crippen molar-refractivity contribution in [2.24, 2.45) is 5.92 Å². The van der Waals surface area contributed by atoms with E-state index in [1.807, 2.05) is 19.0 Å². The molecule has 3 aromatic rings. The second kappa shape index (κ2) is 11.1. The SMILES string of the molecule is CN(C)CCCN(C(=O)C1CCN(S(=O)(=O)c2ccc(Cl)s2)CC1)c1nc2ccc([N+](=O)[O-])cc2s1. The Kier molecular flexibility index (Phi) is 8.27. The van der Waals surface area contributed by atoms with Gasteiger partial charge in [-0.1, -0.05) is 22.9 Å². The number of benzene rings is 1. The lowest BCUT2D eigenvalue weighted by molar-refractivity contribution is -0.384. The quantitative estimate of drug-likeness (QED) is 0.277. The molecule has 1 amide bonds. The average Bonchev–Trinajstić information content (AvgIpc) is 3.47. The molecule has 2 aromatic heterocycles. The molecule has 0 radical (unpaired) electrons. The number of aromatic nitrogens is 1. The summed E-state index contributed by atoms with van der Waals surface area (Å²) < 4.78 is 28.5. The molecule has 14 heteroatoms. The molecule has 3 heterocycles. The van der Waals surface area contributed by atoms with Gasteiger partial charge in [0, 0.05) is 37.7 Å². The van der Waals surface area contributed by atoms with E-state index in [1.54, 1.807) is 17.0 Å². The van der Waals surface area contributed by atoms with Crippen molar-refractivity contribution in [2.45, 2.75) is 23.5 Å². The van der Waals surface area contributed by atoms with Crippen LogP contribution in [0.25, 0.3) is 10.2 Å². The summed E-state index contributed by atoms with van der Waals surface area (Å²) in [5.41, 5.74) is 0.574. The Balaban J connectivity index is 1.52. The summed E-state index contributed by atoms with van der Waals surface area (Å²) in [6.07, 6.45) is 1.52. The van der Waals surface area contributed by atoms with Crippen LogP contribution in [0.3, 0.4) is 0 Å². The normalized spacial score (nSPS) is 15.6. The van der Waals surface area contributed by atoms with E-state index in [9.17, 15) is 23.3 Å². The summed E-state index contributed by atoms with van der Waals surface area (Å²) in [5.74, 6) is -0.442. The van der Waals surface area contributed by atoms with Gasteiger partial charge in [0.25, 0.3) is 15.7 Å². The van der Waals surface area contributed by atoms with Crippen LogP contribution in [-0.4, -0.2) is 73.7 Å². The first-order chi connectivity index (χ1) is 17.1. The molecule has 0 bridgehead atoms. The Bertz CT molecular complexity index is 1370. The van der Waals surface area contributed by atoms with Crippen LogP contribution in [0.2, 0.25) is 4.34 Å². The van der Waals surface area contributed by atoms with Gasteiger partial charge in [0.05, 0.1) is 19.5 Å². The number of fused-ring (bicyclic) bond motifs is 1. The van der Waals surface area contributed by atoms with Crippen LogP contribution in [0, 0.1) is 16.0 Å². The number of piperidine rings is 1. The summed E-state index contributed by atoms with van der Waals surface area (Å²) in [5, 5.41) is 11.7. The van der Waals surface area contributed by atoms with Crippen LogP contribution in [0.4, 0.5) is 10.8 Å². The van der Waals surface area contributed by atoms with E-state index >= 15 is 0 Å².